The molecule has 30 heavy (non-hydrogen) atoms. The number of benzene rings is 2. The second-order valence-corrected chi connectivity index (χ2v) is 9.65. The van der Waals surface area contributed by atoms with E-state index in [2.05, 4.69) is 6.92 Å². The summed E-state index contributed by atoms with van der Waals surface area (Å²) in [6.45, 7) is 4.74. The fourth-order valence-corrected chi connectivity index (χ4v) is 5.14. The van der Waals surface area contributed by atoms with Crippen molar-refractivity contribution in [3.8, 4) is 11.1 Å². The van der Waals surface area contributed by atoms with E-state index in [4.69, 9.17) is 4.74 Å². The molecule has 0 unspecified atom stereocenters. The highest BCUT2D eigenvalue weighted by atomic mass is 32.2. The highest BCUT2D eigenvalue weighted by molar-refractivity contribution is 7.99. The third-order valence-corrected chi connectivity index (χ3v) is 7.08. The van der Waals surface area contributed by atoms with Crippen molar-refractivity contribution in [2.24, 2.45) is 5.92 Å². The molecule has 162 valence electrons. The Morgan fingerprint density at radius 1 is 1.13 bits per heavy atom. The molecule has 0 amide bonds. The SMILES string of the molecule is CCSC[C@H](CC1CCCCC1)OCc1ccc(C(=O)O)c(-c2ccccc2C)c1. The predicted molar refractivity (Wildman–Crippen MR) is 126 cm³/mol. The van der Waals surface area contributed by atoms with E-state index in [9.17, 15) is 9.90 Å². The average molecular weight is 427 g/mol. The quantitative estimate of drug-likeness (QED) is 0.446. The lowest BCUT2D eigenvalue weighted by molar-refractivity contribution is 0.0355. The summed E-state index contributed by atoms with van der Waals surface area (Å²) in [6.07, 6.45) is 8.17. The van der Waals surface area contributed by atoms with Crippen LogP contribution in [0.4, 0.5) is 0 Å². The molecule has 0 saturated heterocycles. The summed E-state index contributed by atoms with van der Waals surface area (Å²) >= 11 is 1.95. The molecule has 3 nitrogen and oxygen atoms in total. The topological polar surface area (TPSA) is 46.5 Å². The van der Waals surface area contributed by atoms with Crippen LogP contribution in [-0.2, 0) is 11.3 Å². The van der Waals surface area contributed by atoms with Gasteiger partial charge in [-0.15, -0.1) is 0 Å². The Morgan fingerprint density at radius 2 is 1.90 bits per heavy atom. The van der Waals surface area contributed by atoms with Crippen molar-refractivity contribution in [3.63, 3.8) is 0 Å². The van der Waals surface area contributed by atoms with E-state index in [1.807, 2.05) is 55.1 Å². The fraction of sp³-hybridized carbons (Fsp3) is 0.500. The number of rotatable bonds is 10. The van der Waals surface area contributed by atoms with Crippen molar-refractivity contribution in [2.75, 3.05) is 11.5 Å². The highest BCUT2D eigenvalue weighted by Gasteiger charge is 2.20. The second kappa shape index (κ2) is 11.6. The zero-order valence-electron chi connectivity index (χ0n) is 18.2. The maximum absolute atomic E-state index is 11.8. The number of hydrogen-bond acceptors (Lipinski definition) is 3. The molecule has 1 saturated carbocycles. The minimum Gasteiger partial charge on any atom is -0.478 e. The summed E-state index contributed by atoms with van der Waals surface area (Å²) in [7, 11) is 0. The Hall–Kier alpha value is -1.78. The number of hydrogen-bond donors (Lipinski definition) is 1. The average Bonchev–Trinajstić information content (AvgIpc) is 2.76. The molecule has 2 aromatic rings. The van der Waals surface area contributed by atoms with Gasteiger partial charge in [0.25, 0.3) is 0 Å². The van der Waals surface area contributed by atoms with Gasteiger partial charge in [-0.3, -0.25) is 0 Å². The molecule has 0 spiro atoms. The van der Waals surface area contributed by atoms with Gasteiger partial charge >= 0.3 is 5.97 Å². The molecule has 0 aromatic heterocycles. The molecule has 3 rings (SSSR count). The Labute approximate surface area is 185 Å². The summed E-state index contributed by atoms with van der Waals surface area (Å²) in [6, 6.07) is 13.6. The van der Waals surface area contributed by atoms with Crippen LogP contribution in [-0.4, -0.2) is 28.7 Å². The van der Waals surface area contributed by atoms with Crippen molar-refractivity contribution in [1.29, 1.82) is 0 Å². The number of carboxylic acid groups (broad SMARTS) is 1. The van der Waals surface area contributed by atoms with Crippen molar-refractivity contribution >= 4 is 17.7 Å². The van der Waals surface area contributed by atoms with Gasteiger partial charge in [-0.25, -0.2) is 4.79 Å². The largest absolute Gasteiger partial charge is 0.478 e. The molecule has 1 atom stereocenters. The molecule has 1 N–H and O–H groups in total. The first-order valence-electron chi connectivity index (χ1n) is 11.2. The smallest absolute Gasteiger partial charge is 0.336 e. The Bertz CT molecular complexity index is 827. The lowest BCUT2D eigenvalue weighted by Gasteiger charge is -2.26. The van der Waals surface area contributed by atoms with Gasteiger partial charge in [-0.05, 0) is 59.4 Å². The van der Waals surface area contributed by atoms with Crippen LogP contribution >= 0.6 is 11.8 Å². The van der Waals surface area contributed by atoms with Crippen LogP contribution in [0.1, 0.15) is 66.9 Å². The van der Waals surface area contributed by atoms with Crippen LogP contribution in [0.15, 0.2) is 42.5 Å². The molecular formula is C26H34O3S. The monoisotopic (exact) mass is 426 g/mol. The van der Waals surface area contributed by atoms with E-state index >= 15 is 0 Å². The zero-order valence-corrected chi connectivity index (χ0v) is 19.0. The van der Waals surface area contributed by atoms with E-state index in [1.54, 1.807) is 6.07 Å². The lowest BCUT2D eigenvalue weighted by atomic mass is 9.85. The molecule has 1 fully saturated rings. The van der Waals surface area contributed by atoms with Gasteiger partial charge in [0.15, 0.2) is 0 Å². The first-order valence-corrected chi connectivity index (χ1v) is 12.4. The Kier molecular flexibility index (Phi) is 8.83. The molecule has 4 heteroatoms. The van der Waals surface area contributed by atoms with Crippen molar-refractivity contribution in [3.05, 3.63) is 59.2 Å². The van der Waals surface area contributed by atoms with Crippen LogP contribution in [0.3, 0.4) is 0 Å². The van der Waals surface area contributed by atoms with Gasteiger partial charge in [0, 0.05) is 5.75 Å². The second-order valence-electron chi connectivity index (χ2n) is 8.33. The number of ether oxygens (including phenoxy) is 1. The molecule has 0 heterocycles. The maximum Gasteiger partial charge on any atom is 0.336 e. The number of carboxylic acids is 1. The maximum atomic E-state index is 11.8. The van der Waals surface area contributed by atoms with Crippen molar-refractivity contribution in [1.82, 2.24) is 0 Å². The number of aromatic carboxylic acids is 1. The molecular weight excluding hydrogens is 392 g/mol. The van der Waals surface area contributed by atoms with E-state index < -0.39 is 5.97 Å². The van der Waals surface area contributed by atoms with Crippen LogP contribution in [0.2, 0.25) is 0 Å². The van der Waals surface area contributed by atoms with Gasteiger partial charge in [0.05, 0.1) is 18.3 Å². The summed E-state index contributed by atoms with van der Waals surface area (Å²) < 4.78 is 6.39. The summed E-state index contributed by atoms with van der Waals surface area (Å²) in [5.74, 6) is 2.04. The minimum atomic E-state index is -0.893. The number of aryl methyl sites for hydroxylation is 1. The summed E-state index contributed by atoms with van der Waals surface area (Å²) in [4.78, 5) is 11.8. The fourth-order valence-electron chi connectivity index (χ4n) is 4.41. The van der Waals surface area contributed by atoms with Gasteiger partial charge in [-0.2, -0.15) is 11.8 Å². The molecule has 0 radical (unpaired) electrons. The number of thioether (sulfide) groups is 1. The number of carbonyl (C=O) groups is 1. The van der Waals surface area contributed by atoms with Gasteiger partial charge in [0.1, 0.15) is 0 Å². The Balaban J connectivity index is 1.75. The lowest BCUT2D eigenvalue weighted by Crippen LogP contribution is -2.22. The van der Waals surface area contributed by atoms with Gasteiger partial charge < -0.3 is 9.84 Å². The summed E-state index contributed by atoms with van der Waals surface area (Å²) in [5.41, 5.74) is 4.19. The Morgan fingerprint density at radius 3 is 2.60 bits per heavy atom. The van der Waals surface area contributed by atoms with Crippen molar-refractivity contribution in [2.45, 2.75) is 65.1 Å². The van der Waals surface area contributed by atoms with E-state index in [1.165, 1.54) is 32.1 Å². The normalized spacial score (nSPS) is 15.8. The molecule has 2 aromatic carbocycles. The molecule has 1 aliphatic rings. The molecule has 1 aliphatic carbocycles. The van der Waals surface area contributed by atoms with E-state index in [0.29, 0.717) is 12.2 Å². The van der Waals surface area contributed by atoms with Crippen molar-refractivity contribution < 1.29 is 14.6 Å². The summed E-state index contributed by atoms with van der Waals surface area (Å²) in [5, 5.41) is 9.67. The third-order valence-electron chi connectivity index (χ3n) is 6.06. The van der Waals surface area contributed by atoms with E-state index in [-0.39, 0.29) is 6.10 Å². The first-order chi connectivity index (χ1) is 14.6. The third kappa shape index (κ3) is 6.36. The van der Waals surface area contributed by atoms with Gasteiger partial charge in [-0.1, -0.05) is 69.4 Å². The standard InChI is InChI=1S/C26H34O3S/c1-3-30-18-22(15-20-10-5-4-6-11-20)29-17-21-13-14-24(26(27)28)25(16-21)23-12-8-7-9-19(23)2/h7-9,12-14,16,20,22H,3-6,10-11,15,17-18H2,1-2H3,(H,27,28)/t22-/m0/s1. The van der Waals surface area contributed by atoms with Gasteiger partial charge in [0.2, 0.25) is 0 Å². The van der Waals surface area contributed by atoms with Crippen LogP contribution in [0.25, 0.3) is 11.1 Å². The first kappa shape index (κ1) is 22.9. The molecule has 0 bridgehead atoms. The van der Waals surface area contributed by atoms with Crippen LogP contribution < -0.4 is 0 Å². The predicted octanol–water partition coefficient (Wildman–Crippen LogP) is 6.97. The molecule has 0 aliphatic heterocycles. The zero-order chi connectivity index (χ0) is 21.3. The van der Waals surface area contributed by atoms with E-state index in [0.717, 1.165) is 46.1 Å². The van der Waals surface area contributed by atoms with Crippen LogP contribution in [0, 0.1) is 12.8 Å². The minimum absolute atomic E-state index is 0.263. The highest BCUT2D eigenvalue weighted by Crippen LogP contribution is 2.31. The van der Waals surface area contributed by atoms with Crippen LogP contribution in [0.5, 0.6) is 0 Å².